The normalized spacial score (nSPS) is 21.3. The molecule has 1 amide bonds. The van der Waals surface area contributed by atoms with Gasteiger partial charge in [0.05, 0.1) is 18.7 Å². The van der Waals surface area contributed by atoms with Gasteiger partial charge in [0.15, 0.2) is 0 Å². The quantitative estimate of drug-likeness (QED) is 0.915. The number of allylic oxidation sites excluding steroid dienone is 2. The molecular formula is C15H15ClNO4-. The number of halogens is 1. The Morgan fingerprint density at radius 3 is 2.71 bits per heavy atom. The van der Waals surface area contributed by atoms with Gasteiger partial charge in [0.25, 0.3) is 0 Å². The molecule has 0 fully saturated rings. The van der Waals surface area contributed by atoms with E-state index in [1.807, 2.05) is 0 Å². The molecule has 1 N–H and O–H groups in total. The Labute approximate surface area is 127 Å². The van der Waals surface area contributed by atoms with Gasteiger partial charge in [0, 0.05) is 16.9 Å². The summed E-state index contributed by atoms with van der Waals surface area (Å²) in [5, 5.41) is 14.4. The number of rotatable bonds is 4. The van der Waals surface area contributed by atoms with E-state index in [1.165, 1.54) is 7.11 Å². The van der Waals surface area contributed by atoms with E-state index >= 15 is 0 Å². The highest BCUT2D eigenvalue weighted by atomic mass is 35.5. The van der Waals surface area contributed by atoms with Crippen LogP contribution in [0.5, 0.6) is 5.75 Å². The number of amides is 1. The number of hydrogen-bond donors (Lipinski definition) is 1. The molecule has 2 atom stereocenters. The first-order valence-electron chi connectivity index (χ1n) is 6.52. The smallest absolute Gasteiger partial charge is 0.228 e. The predicted molar refractivity (Wildman–Crippen MR) is 76.8 cm³/mol. The fraction of sp³-hybridized carbons (Fsp3) is 0.333. The highest BCUT2D eigenvalue weighted by Crippen LogP contribution is 2.33. The van der Waals surface area contributed by atoms with Gasteiger partial charge >= 0.3 is 0 Å². The van der Waals surface area contributed by atoms with Gasteiger partial charge in [-0.1, -0.05) is 29.8 Å². The monoisotopic (exact) mass is 308 g/mol. The Hall–Kier alpha value is -2.01. The molecular weight excluding hydrogens is 294 g/mol. The van der Waals surface area contributed by atoms with Crippen LogP contribution in [-0.2, 0) is 9.59 Å². The molecule has 0 aliphatic heterocycles. The summed E-state index contributed by atoms with van der Waals surface area (Å²) in [6.07, 6.45) is 2.02. The van der Waals surface area contributed by atoms with Crippen molar-refractivity contribution in [2.24, 2.45) is 11.8 Å². The highest BCUT2D eigenvalue weighted by Gasteiger charge is 2.32. The molecule has 0 bridgehead atoms. The molecule has 5 nitrogen and oxygen atoms in total. The maximum Gasteiger partial charge on any atom is 0.228 e. The third-order valence-electron chi connectivity index (χ3n) is 3.50. The molecule has 0 heterocycles. The summed E-state index contributed by atoms with van der Waals surface area (Å²) in [6.45, 7) is 0. The number of nitrogens with one attached hydrogen (secondary N) is 1. The number of methoxy groups -OCH3 is 1. The van der Waals surface area contributed by atoms with Gasteiger partial charge in [-0.2, -0.15) is 0 Å². The Bertz CT molecular complexity index is 585. The zero-order valence-corrected chi connectivity index (χ0v) is 12.2. The topological polar surface area (TPSA) is 78.5 Å². The van der Waals surface area contributed by atoms with Gasteiger partial charge in [-0.3, -0.25) is 4.79 Å². The molecule has 6 heteroatoms. The molecule has 0 aromatic heterocycles. The SMILES string of the molecule is COc1ccccc1NC(=O)[C@H]1CC(Cl)=CC[C@H]1C(=O)[O-]. The van der Waals surface area contributed by atoms with Crippen molar-refractivity contribution in [2.75, 3.05) is 12.4 Å². The number of hydrogen-bond acceptors (Lipinski definition) is 4. The summed E-state index contributed by atoms with van der Waals surface area (Å²) in [6, 6.07) is 6.92. The second-order valence-electron chi connectivity index (χ2n) is 4.81. The zero-order chi connectivity index (χ0) is 15.4. The number of ether oxygens (including phenoxy) is 1. The van der Waals surface area contributed by atoms with E-state index in [1.54, 1.807) is 30.3 Å². The summed E-state index contributed by atoms with van der Waals surface area (Å²) in [5.74, 6) is -2.76. The molecule has 2 rings (SSSR count). The lowest BCUT2D eigenvalue weighted by atomic mass is 9.82. The van der Waals surface area contributed by atoms with Crippen molar-refractivity contribution in [1.29, 1.82) is 0 Å². The number of carboxylic acids is 1. The summed E-state index contributed by atoms with van der Waals surface area (Å²) in [7, 11) is 1.50. The van der Waals surface area contributed by atoms with E-state index in [2.05, 4.69) is 5.32 Å². The second-order valence-corrected chi connectivity index (χ2v) is 5.30. The Kier molecular flexibility index (Phi) is 4.85. The first-order valence-corrected chi connectivity index (χ1v) is 6.90. The summed E-state index contributed by atoms with van der Waals surface area (Å²) in [4.78, 5) is 23.5. The highest BCUT2D eigenvalue weighted by molar-refractivity contribution is 6.29. The molecule has 0 unspecified atom stereocenters. The average molecular weight is 309 g/mol. The van der Waals surface area contributed by atoms with Crippen LogP contribution in [0.4, 0.5) is 5.69 Å². The van der Waals surface area contributed by atoms with Gasteiger partial charge < -0.3 is 20.0 Å². The number of para-hydroxylation sites is 2. The molecule has 1 aliphatic rings. The van der Waals surface area contributed by atoms with Crippen LogP contribution in [0.15, 0.2) is 35.4 Å². The van der Waals surface area contributed by atoms with Crippen LogP contribution in [0, 0.1) is 11.8 Å². The maximum absolute atomic E-state index is 12.4. The molecule has 1 aliphatic carbocycles. The van der Waals surface area contributed by atoms with Crippen molar-refractivity contribution < 1.29 is 19.4 Å². The molecule has 21 heavy (non-hydrogen) atoms. The minimum atomic E-state index is -1.24. The fourth-order valence-corrected chi connectivity index (χ4v) is 2.62. The molecule has 0 radical (unpaired) electrons. The van der Waals surface area contributed by atoms with Gasteiger partial charge in [0.1, 0.15) is 5.75 Å². The van der Waals surface area contributed by atoms with Crippen LogP contribution < -0.4 is 15.2 Å². The lowest BCUT2D eigenvalue weighted by molar-refractivity contribution is -0.313. The lowest BCUT2D eigenvalue weighted by Gasteiger charge is -2.29. The Morgan fingerprint density at radius 2 is 2.05 bits per heavy atom. The van der Waals surface area contributed by atoms with Crippen LogP contribution >= 0.6 is 11.6 Å². The van der Waals surface area contributed by atoms with Crippen molar-refractivity contribution in [1.82, 2.24) is 0 Å². The van der Waals surface area contributed by atoms with E-state index < -0.39 is 23.7 Å². The van der Waals surface area contributed by atoms with Crippen LogP contribution in [0.25, 0.3) is 0 Å². The van der Waals surface area contributed by atoms with Crippen LogP contribution in [-0.4, -0.2) is 19.0 Å². The molecule has 112 valence electrons. The average Bonchev–Trinajstić information content (AvgIpc) is 2.47. The lowest BCUT2D eigenvalue weighted by Crippen LogP contribution is -2.42. The van der Waals surface area contributed by atoms with Crippen LogP contribution in [0.2, 0.25) is 0 Å². The van der Waals surface area contributed by atoms with Crippen LogP contribution in [0.3, 0.4) is 0 Å². The fourth-order valence-electron chi connectivity index (χ4n) is 2.36. The predicted octanol–water partition coefficient (Wildman–Crippen LogP) is 1.53. The third kappa shape index (κ3) is 3.55. The first-order chi connectivity index (χ1) is 10.0. The number of carboxylic acid groups (broad SMARTS) is 1. The van der Waals surface area contributed by atoms with Crippen molar-refractivity contribution >= 4 is 29.2 Å². The van der Waals surface area contributed by atoms with E-state index in [4.69, 9.17) is 16.3 Å². The minimum Gasteiger partial charge on any atom is -0.550 e. The molecule has 1 aromatic carbocycles. The number of benzene rings is 1. The van der Waals surface area contributed by atoms with Crippen molar-refractivity contribution in [3.8, 4) is 5.75 Å². The van der Waals surface area contributed by atoms with E-state index in [0.29, 0.717) is 16.5 Å². The number of anilines is 1. The Balaban J connectivity index is 2.18. The van der Waals surface area contributed by atoms with Crippen molar-refractivity contribution in [3.63, 3.8) is 0 Å². The van der Waals surface area contributed by atoms with Gasteiger partial charge in [-0.15, -0.1) is 0 Å². The van der Waals surface area contributed by atoms with Crippen molar-refractivity contribution in [3.05, 3.63) is 35.4 Å². The third-order valence-corrected chi connectivity index (χ3v) is 3.81. The number of carbonyl (C=O) groups is 2. The van der Waals surface area contributed by atoms with Gasteiger partial charge in [-0.25, -0.2) is 0 Å². The standard InChI is InChI=1S/C15H16ClNO4/c1-21-13-5-3-2-4-12(13)17-14(18)11-8-9(16)6-7-10(11)15(19)20/h2-6,10-11H,7-8H2,1H3,(H,17,18)(H,19,20)/p-1/t10-,11+/m1/s1. The summed E-state index contributed by atoms with van der Waals surface area (Å²) < 4.78 is 5.15. The van der Waals surface area contributed by atoms with Gasteiger partial charge in [0.2, 0.25) is 5.91 Å². The number of aliphatic carboxylic acids is 1. The largest absolute Gasteiger partial charge is 0.550 e. The maximum atomic E-state index is 12.4. The zero-order valence-electron chi connectivity index (χ0n) is 11.5. The summed E-state index contributed by atoms with van der Waals surface area (Å²) in [5.41, 5.74) is 0.493. The molecule has 0 spiro atoms. The second kappa shape index (κ2) is 6.63. The van der Waals surface area contributed by atoms with E-state index in [9.17, 15) is 14.7 Å². The van der Waals surface area contributed by atoms with E-state index in [-0.39, 0.29) is 12.8 Å². The first kappa shape index (κ1) is 15.4. The molecule has 1 aromatic rings. The number of carbonyl (C=O) groups excluding carboxylic acids is 2. The van der Waals surface area contributed by atoms with E-state index in [0.717, 1.165) is 0 Å². The molecule has 0 saturated carbocycles. The summed E-state index contributed by atoms with van der Waals surface area (Å²) >= 11 is 5.93. The van der Waals surface area contributed by atoms with Crippen LogP contribution in [0.1, 0.15) is 12.8 Å². The van der Waals surface area contributed by atoms with Gasteiger partial charge in [-0.05, 0) is 25.0 Å². The minimum absolute atomic E-state index is 0.196. The molecule has 0 saturated heterocycles. The Morgan fingerprint density at radius 1 is 1.33 bits per heavy atom. The van der Waals surface area contributed by atoms with Crippen molar-refractivity contribution in [2.45, 2.75) is 12.8 Å².